The summed E-state index contributed by atoms with van der Waals surface area (Å²) in [6.45, 7) is 2.04. The molecule has 2 atom stereocenters. The van der Waals surface area contributed by atoms with Gasteiger partial charge in [0.05, 0.1) is 13.5 Å². The third-order valence-corrected chi connectivity index (χ3v) is 5.08. The van der Waals surface area contributed by atoms with Crippen LogP contribution in [0.4, 0.5) is 0 Å². The number of carbonyl (C=O) groups is 1. The lowest BCUT2D eigenvalue weighted by Crippen LogP contribution is -2.38. The zero-order chi connectivity index (χ0) is 17.1. The summed E-state index contributed by atoms with van der Waals surface area (Å²) in [5.41, 5.74) is 1.05. The molecule has 5 heteroatoms. The van der Waals surface area contributed by atoms with Crippen LogP contribution >= 0.6 is 0 Å². The molecule has 1 aromatic carbocycles. The van der Waals surface area contributed by atoms with Gasteiger partial charge in [0, 0.05) is 6.54 Å². The number of methoxy groups -OCH3 is 1. The Morgan fingerprint density at radius 3 is 2.75 bits per heavy atom. The molecule has 3 rings (SSSR count). The highest BCUT2D eigenvalue weighted by Crippen LogP contribution is 2.46. The van der Waals surface area contributed by atoms with Crippen molar-refractivity contribution in [3.8, 4) is 11.5 Å². The number of ether oxygens (including phenoxy) is 2. The Hall–Kier alpha value is -1.75. The van der Waals surface area contributed by atoms with Gasteiger partial charge in [-0.2, -0.15) is 0 Å². The van der Waals surface area contributed by atoms with Crippen LogP contribution in [0, 0.1) is 5.92 Å². The van der Waals surface area contributed by atoms with Gasteiger partial charge >= 0.3 is 5.97 Å². The minimum absolute atomic E-state index is 0.0752. The summed E-state index contributed by atoms with van der Waals surface area (Å²) in [6, 6.07) is 5.92. The molecule has 1 aromatic rings. The quantitative estimate of drug-likeness (QED) is 0.831. The molecule has 2 fully saturated rings. The van der Waals surface area contributed by atoms with Gasteiger partial charge in [-0.05, 0) is 68.8 Å². The van der Waals surface area contributed by atoms with Crippen LogP contribution in [0.3, 0.4) is 0 Å². The number of likely N-dealkylation sites (tertiary alicyclic amines) is 1. The van der Waals surface area contributed by atoms with Gasteiger partial charge in [-0.1, -0.05) is 6.07 Å². The van der Waals surface area contributed by atoms with Crippen molar-refractivity contribution in [1.29, 1.82) is 0 Å². The molecule has 2 aliphatic rings. The lowest BCUT2D eigenvalue weighted by atomic mass is 9.91. The maximum atomic E-state index is 11.2. The molecule has 24 heavy (non-hydrogen) atoms. The van der Waals surface area contributed by atoms with Crippen molar-refractivity contribution in [2.24, 2.45) is 5.92 Å². The van der Waals surface area contributed by atoms with Crippen molar-refractivity contribution in [3.05, 3.63) is 23.8 Å². The summed E-state index contributed by atoms with van der Waals surface area (Å²) in [7, 11) is 3.75. The number of carboxylic acid groups (broad SMARTS) is 1. The zero-order valence-electron chi connectivity index (χ0n) is 14.5. The molecule has 0 bridgehead atoms. The number of aliphatic carboxylic acids is 1. The van der Waals surface area contributed by atoms with Gasteiger partial charge in [0.2, 0.25) is 0 Å². The monoisotopic (exact) mass is 333 g/mol. The fourth-order valence-electron chi connectivity index (χ4n) is 3.65. The number of likely N-dealkylation sites (N-methyl/N-ethyl adjacent to an activating group) is 1. The van der Waals surface area contributed by atoms with Crippen molar-refractivity contribution < 1.29 is 19.4 Å². The SMILES string of the molecule is COc1cc(C(CC(=O)O)C2CC2)ccc1OC1CCCN(C)C1. The number of hydrogen-bond acceptors (Lipinski definition) is 4. The van der Waals surface area contributed by atoms with Gasteiger partial charge in [-0.15, -0.1) is 0 Å². The highest BCUT2D eigenvalue weighted by molar-refractivity contribution is 5.68. The molecule has 1 saturated heterocycles. The average Bonchev–Trinajstić information content (AvgIpc) is 3.38. The maximum Gasteiger partial charge on any atom is 0.303 e. The number of benzene rings is 1. The lowest BCUT2D eigenvalue weighted by molar-refractivity contribution is -0.137. The fourth-order valence-corrected chi connectivity index (χ4v) is 3.65. The number of carboxylic acids is 1. The molecule has 1 heterocycles. The molecule has 5 nitrogen and oxygen atoms in total. The van der Waals surface area contributed by atoms with Crippen LogP contribution < -0.4 is 9.47 Å². The van der Waals surface area contributed by atoms with Crippen LogP contribution in [-0.2, 0) is 4.79 Å². The van der Waals surface area contributed by atoms with E-state index in [2.05, 4.69) is 11.9 Å². The van der Waals surface area contributed by atoms with Crippen molar-refractivity contribution >= 4 is 5.97 Å². The van der Waals surface area contributed by atoms with E-state index in [1.54, 1.807) is 7.11 Å². The van der Waals surface area contributed by atoms with E-state index in [-0.39, 0.29) is 18.4 Å². The molecule has 0 spiro atoms. The summed E-state index contributed by atoms with van der Waals surface area (Å²) in [4.78, 5) is 13.5. The standard InChI is InChI=1S/C19H27NO4/c1-20-9-3-4-15(12-20)24-17-8-7-14(10-18(17)23-2)16(11-19(21)22)13-5-6-13/h7-8,10,13,15-16H,3-6,9,11-12H2,1-2H3,(H,21,22). The molecule has 0 aromatic heterocycles. The summed E-state index contributed by atoms with van der Waals surface area (Å²) in [5, 5.41) is 9.18. The lowest BCUT2D eigenvalue weighted by Gasteiger charge is -2.30. The summed E-state index contributed by atoms with van der Waals surface area (Å²) in [6.07, 6.45) is 4.80. The van der Waals surface area contributed by atoms with Crippen molar-refractivity contribution in [1.82, 2.24) is 4.90 Å². The van der Waals surface area contributed by atoms with Crippen LogP contribution in [-0.4, -0.2) is 49.3 Å². The predicted octanol–water partition coefficient (Wildman–Crippen LogP) is 3.14. The maximum absolute atomic E-state index is 11.2. The fraction of sp³-hybridized carbons (Fsp3) is 0.632. The van der Waals surface area contributed by atoms with Gasteiger partial charge in [0.15, 0.2) is 11.5 Å². The van der Waals surface area contributed by atoms with Crippen LogP contribution in [0.5, 0.6) is 11.5 Å². The summed E-state index contributed by atoms with van der Waals surface area (Å²) >= 11 is 0. The second kappa shape index (κ2) is 7.43. The van der Waals surface area contributed by atoms with Crippen LogP contribution in [0.15, 0.2) is 18.2 Å². The van der Waals surface area contributed by atoms with Gasteiger partial charge in [-0.25, -0.2) is 0 Å². The topological polar surface area (TPSA) is 59.0 Å². The van der Waals surface area contributed by atoms with Gasteiger partial charge in [0.1, 0.15) is 6.10 Å². The minimum atomic E-state index is -0.739. The van der Waals surface area contributed by atoms with E-state index in [4.69, 9.17) is 9.47 Å². The first-order valence-electron chi connectivity index (χ1n) is 8.81. The van der Waals surface area contributed by atoms with E-state index in [9.17, 15) is 9.90 Å². The van der Waals surface area contributed by atoms with Crippen molar-refractivity contribution in [3.63, 3.8) is 0 Å². The van der Waals surface area contributed by atoms with Crippen LogP contribution in [0.1, 0.15) is 43.6 Å². The Kier molecular flexibility index (Phi) is 5.29. The van der Waals surface area contributed by atoms with E-state index in [1.165, 1.54) is 0 Å². The first-order chi connectivity index (χ1) is 11.6. The number of rotatable bonds is 7. The highest BCUT2D eigenvalue weighted by atomic mass is 16.5. The minimum Gasteiger partial charge on any atom is -0.493 e. The molecule has 1 N–H and O–H groups in total. The molecule has 0 amide bonds. The van der Waals surface area contributed by atoms with E-state index in [0.29, 0.717) is 11.7 Å². The van der Waals surface area contributed by atoms with Crippen LogP contribution in [0.2, 0.25) is 0 Å². The normalized spacial score (nSPS) is 22.8. The molecular formula is C19H27NO4. The summed E-state index contributed by atoms with van der Waals surface area (Å²) in [5.74, 6) is 1.29. The van der Waals surface area contributed by atoms with Gasteiger partial charge in [-0.3, -0.25) is 4.79 Å². The molecule has 1 aliphatic heterocycles. The van der Waals surface area contributed by atoms with E-state index >= 15 is 0 Å². The molecule has 132 valence electrons. The first-order valence-corrected chi connectivity index (χ1v) is 8.81. The van der Waals surface area contributed by atoms with E-state index in [0.717, 1.165) is 50.1 Å². The Labute approximate surface area is 143 Å². The third-order valence-electron chi connectivity index (χ3n) is 5.08. The molecule has 1 aliphatic carbocycles. The summed E-state index contributed by atoms with van der Waals surface area (Å²) < 4.78 is 11.7. The number of piperidine rings is 1. The van der Waals surface area contributed by atoms with Crippen molar-refractivity contribution in [2.45, 2.75) is 44.1 Å². The largest absolute Gasteiger partial charge is 0.493 e. The van der Waals surface area contributed by atoms with E-state index < -0.39 is 5.97 Å². The molecule has 0 radical (unpaired) electrons. The molecule has 1 saturated carbocycles. The van der Waals surface area contributed by atoms with Crippen LogP contribution in [0.25, 0.3) is 0 Å². The second-order valence-electron chi connectivity index (χ2n) is 7.10. The highest BCUT2D eigenvalue weighted by Gasteiger charge is 2.34. The Bertz CT molecular complexity index is 585. The van der Waals surface area contributed by atoms with Gasteiger partial charge < -0.3 is 19.5 Å². The average molecular weight is 333 g/mol. The Balaban J connectivity index is 1.75. The zero-order valence-corrected chi connectivity index (χ0v) is 14.5. The Morgan fingerprint density at radius 2 is 2.12 bits per heavy atom. The number of nitrogens with zero attached hydrogens (tertiary/aromatic N) is 1. The predicted molar refractivity (Wildman–Crippen MR) is 91.9 cm³/mol. The van der Waals surface area contributed by atoms with Crippen molar-refractivity contribution in [2.75, 3.05) is 27.2 Å². The van der Waals surface area contributed by atoms with Gasteiger partial charge in [0.25, 0.3) is 0 Å². The second-order valence-corrected chi connectivity index (χ2v) is 7.10. The first kappa shape index (κ1) is 17.1. The third kappa shape index (κ3) is 4.20. The van der Waals surface area contributed by atoms with E-state index in [1.807, 2.05) is 18.2 Å². The Morgan fingerprint density at radius 1 is 1.33 bits per heavy atom. The smallest absolute Gasteiger partial charge is 0.303 e. The molecular weight excluding hydrogens is 306 g/mol. The molecule has 2 unspecified atom stereocenters. The number of hydrogen-bond donors (Lipinski definition) is 1.